The van der Waals surface area contributed by atoms with E-state index < -0.39 is 5.97 Å². The topological polar surface area (TPSA) is 54.8 Å². The number of aromatic nitrogens is 1. The van der Waals surface area contributed by atoms with E-state index in [2.05, 4.69) is 10.1 Å². The van der Waals surface area contributed by atoms with Crippen LogP contribution in [0.3, 0.4) is 0 Å². The van der Waals surface area contributed by atoms with E-state index in [9.17, 15) is 4.79 Å². The molecule has 0 saturated heterocycles. The molecule has 33 heavy (non-hydrogen) atoms. The molecule has 0 bridgehead atoms. The van der Waals surface area contributed by atoms with Crippen LogP contribution in [0.25, 0.3) is 11.3 Å². The van der Waals surface area contributed by atoms with E-state index in [1.54, 1.807) is 12.1 Å². The molecule has 0 unspecified atom stereocenters. The summed E-state index contributed by atoms with van der Waals surface area (Å²) >= 11 is 7.73. The van der Waals surface area contributed by atoms with Crippen molar-refractivity contribution < 1.29 is 9.53 Å². The van der Waals surface area contributed by atoms with Crippen LogP contribution in [0.5, 0.6) is 0 Å². The molecule has 4 aromatic rings. The van der Waals surface area contributed by atoms with Gasteiger partial charge in [-0.3, -0.25) is 0 Å². The highest BCUT2D eigenvalue weighted by Crippen LogP contribution is 2.31. The third kappa shape index (κ3) is 5.86. The van der Waals surface area contributed by atoms with Crippen LogP contribution in [0.15, 0.2) is 95.4 Å². The average Bonchev–Trinajstić information content (AvgIpc) is 3.34. The van der Waals surface area contributed by atoms with E-state index in [1.165, 1.54) is 11.3 Å². The van der Waals surface area contributed by atoms with Crippen molar-refractivity contribution in [2.75, 3.05) is 18.7 Å². The molecular weight excluding hydrogens is 454 g/mol. The van der Waals surface area contributed by atoms with Gasteiger partial charge >= 0.3 is 5.97 Å². The second-order valence-corrected chi connectivity index (χ2v) is 8.45. The average molecular weight is 476 g/mol. The first-order valence-electron chi connectivity index (χ1n) is 10.4. The van der Waals surface area contributed by atoms with Gasteiger partial charge in [-0.2, -0.15) is 5.10 Å². The maximum absolute atomic E-state index is 13.0. The number of thiazole rings is 1. The summed E-state index contributed by atoms with van der Waals surface area (Å²) in [5.41, 5.74) is 3.62. The Kier molecular flexibility index (Phi) is 7.50. The molecule has 0 aliphatic heterocycles. The largest absolute Gasteiger partial charge is 0.461 e. The van der Waals surface area contributed by atoms with Gasteiger partial charge < -0.3 is 4.74 Å². The summed E-state index contributed by atoms with van der Waals surface area (Å²) in [4.78, 5) is 17.6. The van der Waals surface area contributed by atoms with Crippen LogP contribution in [0.4, 0.5) is 5.13 Å². The molecule has 4 rings (SSSR count). The fraction of sp³-hybridized carbons (Fsp3) is 0.115. The molecule has 7 heteroatoms. The van der Waals surface area contributed by atoms with Crippen molar-refractivity contribution in [2.45, 2.75) is 6.42 Å². The van der Waals surface area contributed by atoms with E-state index in [0.29, 0.717) is 22.1 Å². The number of esters is 1. The Morgan fingerprint density at radius 3 is 2.39 bits per heavy atom. The normalized spacial score (nSPS) is 11.3. The molecule has 1 heterocycles. The smallest absolute Gasteiger partial charge is 0.359 e. The second-order valence-electron chi connectivity index (χ2n) is 7.20. The summed E-state index contributed by atoms with van der Waals surface area (Å²) in [6.45, 7) is 0.270. The fourth-order valence-electron chi connectivity index (χ4n) is 3.19. The number of rotatable bonds is 8. The van der Waals surface area contributed by atoms with E-state index in [0.717, 1.165) is 16.8 Å². The Balaban J connectivity index is 1.54. The van der Waals surface area contributed by atoms with Gasteiger partial charge in [0.1, 0.15) is 0 Å². The van der Waals surface area contributed by atoms with E-state index >= 15 is 0 Å². The molecule has 0 saturated carbocycles. The van der Waals surface area contributed by atoms with Crippen molar-refractivity contribution in [3.63, 3.8) is 0 Å². The predicted octanol–water partition coefficient (Wildman–Crippen LogP) is 6.09. The molecule has 166 valence electrons. The zero-order chi connectivity index (χ0) is 23.0. The minimum Gasteiger partial charge on any atom is -0.461 e. The first-order chi connectivity index (χ1) is 16.1. The summed E-state index contributed by atoms with van der Waals surface area (Å²) < 4.78 is 5.56. The van der Waals surface area contributed by atoms with Crippen LogP contribution in [-0.4, -0.2) is 30.3 Å². The molecule has 5 nitrogen and oxygen atoms in total. The van der Waals surface area contributed by atoms with Crippen LogP contribution in [0.2, 0.25) is 5.02 Å². The van der Waals surface area contributed by atoms with Crippen molar-refractivity contribution in [3.8, 4) is 11.3 Å². The zero-order valence-corrected chi connectivity index (χ0v) is 19.6. The molecule has 0 aliphatic rings. The first kappa shape index (κ1) is 22.7. The summed E-state index contributed by atoms with van der Waals surface area (Å²) in [6, 6.07) is 26.7. The van der Waals surface area contributed by atoms with Crippen molar-refractivity contribution in [3.05, 3.63) is 106 Å². The number of halogens is 1. The van der Waals surface area contributed by atoms with Crippen molar-refractivity contribution in [1.29, 1.82) is 0 Å². The Morgan fingerprint density at radius 2 is 1.67 bits per heavy atom. The van der Waals surface area contributed by atoms with Crippen LogP contribution in [-0.2, 0) is 16.0 Å². The molecule has 0 fully saturated rings. The number of benzene rings is 3. The lowest BCUT2D eigenvalue weighted by Crippen LogP contribution is -2.24. The SMILES string of the molecule is CN(/N=C(/C(=O)OCCc1ccccc1)c1ccccc1)c1nc(-c2ccccc2Cl)cs1. The predicted molar refractivity (Wildman–Crippen MR) is 135 cm³/mol. The van der Waals surface area contributed by atoms with Crippen LogP contribution in [0, 0.1) is 0 Å². The number of carbonyl (C=O) groups is 1. The Morgan fingerprint density at radius 1 is 1.00 bits per heavy atom. The molecular formula is C26H22ClN3O2S. The van der Waals surface area contributed by atoms with Gasteiger partial charge in [0, 0.05) is 35.0 Å². The number of hydrazone groups is 1. The van der Waals surface area contributed by atoms with Crippen LogP contribution >= 0.6 is 22.9 Å². The van der Waals surface area contributed by atoms with Gasteiger partial charge in [-0.05, 0) is 11.6 Å². The van der Waals surface area contributed by atoms with Gasteiger partial charge in [-0.25, -0.2) is 14.8 Å². The Labute approximate surface area is 201 Å². The molecule has 0 spiro atoms. The monoisotopic (exact) mass is 475 g/mol. The van der Waals surface area contributed by atoms with Crippen molar-refractivity contribution in [2.24, 2.45) is 5.10 Å². The van der Waals surface area contributed by atoms with Crippen molar-refractivity contribution in [1.82, 2.24) is 4.98 Å². The highest BCUT2D eigenvalue weighted by molar-refractivity contribution is 7.14. The van der Waals surface area contributed by atoms with Gasteiger partial charge in [0.2, 0.25) is 5.13 Å². The van der Waals surface area contributed by atoms with Gasteiger partial charge in [-0.1, -0.05) is 90.5 Å². The maximum atomic E-state index is 13.0. The van der Waals surface area contributed by atoms with E-state index in [4.69, 9.17) is 16.3 Å². The van der Waals surface area contributed by atoms with Gasteiger partial charge in [0.25, 0.3) is 0 Å². The Bertz CT molecular complexity index is 1240. The first-order valence-corrected chi connectivity index (χ1v) is 11.7. The minimum absolute atomic E-state index is 0.223. The lowest BCUT2D eigenvalue weighted by atomic mass is 10.1. The third-order valence-electron chi connectivity index (χ3n) is 4.88. The standard InChI is InChI=1S/C26H22ClN3O2S/c1-30(26-28-23(18-33-26)21-14-8-9-15-22(21)27)29-24(20-12-6-3-7-13-20)25(31)32-17-16-19-10-4-2-5-11-19/h2-15,18H,16-17H2,1H3/b29-24+. The number of ether oxygens (including phenoxy) is 1. The highest BCUT2D eigenvalue weighted by Gasteiger charge is 2.19. The summed E-state index contributed by atoms with van der Waals surface area (Å²) in [7, 11) is 1.76. The molecule has 0 aliphatic carbocycles. The molecule has 0 atom stereocenters. The van der Waals surface area contributed by atoms with Gasteiger partial charge in [-0.15, -0.1) is 11.3 Å². The molecule has 3 aromatic carbocycles. The quantitative estimate of drug-likeness (QED) is 0.176. The number of carbonyl (C=O) groups excluding carboxylic acids is 1. The number of hydrogen-bond donors (Lipinski definition) is 0. The van der Waals surface area contributed by atoms with Crippen LogP contribution in [0.1, 0.15) is 11.1 Å². The van der Waals surface area contributed by atoms with Gasteiger partial charge in [0.15, 0.2) is 5.71 Å². The molecule has 1 aromatic heterocycles. The highest BCUT2D eigenvalue weighted by atomic mass is 35.5. The lowest BCUT2D eigenvalue weighted by Gasteiger charge is -2.13. The number of anilines is 1. The third-order valence-corrected chi connectivity index (χ3v) is 6.11. The van der Waals surface area contributed by atoms with E-state index in [-0.39, 0.29) is 12.3 Å². The molecule has 0 amide bonds. The summed E-state index contributed by atoms with van der Waals surface area (Å²) in [6.07, 6.45) is 0.637. The lowest BCUT2D eigenvalue weighted by molar-refractivity contribution is -0.135. The zero-order valence-electron chi connectivity index (χ0n) is 18.0. The maximum Gasteiger partial charge on any atom is 0.359 e. The Hall–Kier alpha value is -3.48. The second kappa shape index (κ2) is 10.9. The molecule has 0 N–H and O–H groups in total. The number of hydrogen-bond acceptors (Lipinski definition) is 6. The van der Waals surface area contributed by atoms with Crippen molar-refractivity contribution >= 4 is 39.8 Å². The summed E-state index contributed by atoms with van der Waals surface area (Å²) in [5, 5.41) is 9.34. The minimum atomic E-state index is -0.480. The molecule has 0 radical (unpaired) electrons. The van der Waals surface area contributed by atoms with E-state index in [1.807, 2.05) is 90.3 Å². The van der Waals surface area contributed by atoms with Gasteiger partial charge in [0.05, 0.1) is 12.3 Å². The van der Waals surface area contributed by atoms with Crippen LogP contribution < -0.4 is 5.01 Å². The summed E-state index contributed by atoms with van der Waals surface area (Å²) in [5.74, 6) is -0.480. The number of nitrogens with zero attached hydrogens (tertiary/aromatic N) is 3. The fourth-order valence-corrected chi connectivity index (χ4v) is 4.16.